The molecule has 0 aromatic carbocycles. The second-order valence-corrected chi connectivity index (χ2v) is 3.45. The molecule has 0 unspecified atom stereocenters. The Labute approximate surface area is 77.2 Å². The van der Waals surface area contributed by atoms with Crippen molar-refractivity contribution >= 4 is 11.6 Å². The van der Waals surface area contributed by atoms with E-state index in [0.29, 0.717) is 0 Å². The third-order valence-corrected chi connectivity index (χ3v) is 2.23. The summed E-state index contributed by atoms with van der Waals surface area (Å²) in [6.07, 6.45) is 5.52. The first-order valence-corrected chi connectivity index (χ1v) is 4.49. The Morgan fingerprint density at radius 3 is 3.00 bits per heavy atom. The minimum Gasteiger partial charge on any atom is -0.325 e. The summed E-state index contributed by atoms with van der Waals surface area (Å²) in [5.41, 5.74) is 1.89. The summed E-state index contributed by atoms with van der Waals surface area (Å²) in [7, 11) is 0. The van der Waals surface area contributed by atoms with E-state index < -0.39 is 0 Å². The zero-order valence-electron chi connectivity index (χ0n) is 7.58. The van der Waals surface area contributed by atoms with E-state index in [9.17, 15) is 4.79 Å². The molecule has 0 radical (unpaired) electrons. The van der Waals surface area contributed by atoms with E-state index in [1.54, 1.807) is 12.4 Å². The minimum atomic E-state index is 0.148. The second kappa shape index (κ2) is 3.17. The molecule has 13 heavy (non-hydrogen) atoms. The van der Waals surface area contributed by atoms with Crippen molar-refractivity contribution in [2.24, 2.45) is 5.92 Å². The summed E-state index contributed by atoms with van der Waals surface area (Å²) in [5, 5.41) is 2.89. The molecule has 1 amide bonds. The van der Waals surface area contributed by atoms with Gasteiger partial charge >= 0.3 is 0 Å². The molecule has 2 rings (SSSR count). The summed E-state index contributed by atoms with van der Waals surface area (Å²) in [5.74, 6) is 0.405. The lowest BCUT2D eigenvalue weighted by atomic mass is 10.2. The fraction of sp³-hybridized carbons (Fsp3) is 0.400. The Balaban J connectivity index is 2.08. The van der Waals surface area contributed by atoms with Crippen LogP contribution in [0.3, 0.4) is 0 Å². The van der Waals surface area contributed by atoms with E-state index in [-0.39, 0.29) is 11.8 Å². The number of amides is 1. The molecular formula is C10H12N2O. The van der Waals surface area contributed by atoms with Crippen LogP contribution in [0.1, 0.15) is 18.4 Å². The first-order chi connectivity index (χ1) is 6.27. The zero-order valence-corrected chi connectivity index (χ0v) is 7.58. The molecule has 1 aromatic heterocycles. The molecule has 0 bridgehead atoms. The lowest BCUT2D eigenvalue weighted by Gasteiger charge is -2.05. The van der Waals surface area contributed by atoms with Gasteiger partial charge in [-0.2, -0.15) is 0 Å². The molecule has 0 aliphatic heterocycles. The summed E-state index contributed by atoms with van der Waals surface area (Å²) in [6.45, 7) is 1.94. The van der Waals surface area contributed by atoms with Crippen LogP contribution in [0.25, 0.3) is 0 Å². The van der Waals surface area contributed by atoms with Gasteiger partial charge in [0, 0.05) is 24.0 Å². The summed E-state index contributed by atoms with van der Waals surface area (Å²) >= 11 is 0. The van der Waals surface area contributed by atoms with Gasteiger partial charge in [0.25, 0.3) is 0 Å². The predicted molar refractivity (Wildman–Crippen MR) is 50.3 cm³/mol. The van der Waals surface area contributed by atoms with Crippen molar-refractivity contribution in [3.63, 3.8) is 0 Å². The Morgan fingerprint density at radius 1 is 1.62 bits per heavy atom. The number of pyridine rings is 1. The van der Waals surface area contributed by atoms with Crippen LogP contribution in [-0.2, 0) is 4.79 Å². The average Bonchev–Trinajstić information content (AvgIpc) is 2.91. The van der Waals surface area contributed by atoms with Crippen LogP contribution in [0.15, 0.2) is 18.5 Å². The van der Waals surface area contributed by atoms with Gasteiger partial charge in [-0.3, -0.25) is 9.78 Å². The first kappa shape index (κ1) is 8.23. The second-order valence-electron chi connectivity index (χ2n) is 3.45. The van der Waals surface area contributed by atoms with E-state index >= 15 is 0 Å². The third kappa shape index (κ3) is 1.86. The molecule has 1 N–H and O–H groups in total. The van der Waals surface area contributed by atoms with Crippen molar-refractivity contribution in [2.75, 3.05) is 5.32 Å². The molecule has 1 aliphatic carbocycles. The number of carbonyl (C=O) groups is 1. The topological polar surface area (TPSA) is 42.0 Å². The first-order valence-electron chi connectivity index (χ1n) is 4.49. The van der Waals surface area contributed by atoms with Crippen LogP contribution in [0.5, 0.6) is 0 Å². The highest BCUT2D eigenvalue weighted by molar-refractivity contribution is 5.94. The monoisotopic (exact) mass is 176 g/mol. The number of aromatic nitrogens is 1. The molecule has 1 saturated carbocycles. The van der Waals surface area contributed by atoms with Crippen molar-refractivity contribution in [1.29, 1.82) is 0 Å². The molecule has 3 nitrogen and oxygen atoms in total. The molecule has 3 heteroatoms. The maximum Gasteiger partial charge on any atom is 0.227 e. The van der Waals surface area contributed by atoms with Crippen LogP contribution in [0.2, 0.25) is 0 Å². The highest BCUT2D eigenvalue weighted by atomic mass is 16.2. The number of carbonyl (C=O) groups excluding carboxylic acids is 1. The van der Waals surface area contributed by atoms with Gasteiger partial charge in [-0.25, -0.2) is 0 Å². The number of rotatable bonds is 2. The Morgan fingerprint density at radius 2 is 2.38 bits per heavy atom. The quantitative estimate of drug-likeness (QED) is 0.745. The fourth-order valence-electron chi connectivity index (χ4n) is 1.19. The number of nitrogens with one attached hydrogen (secondary N) is 1. The van der Waals surface area contributed by atoms with Gasteiger partial charge < -0.3 is 5.32 Å². The van der Waals surface area contributed by atoms with Crippen molar-refractivity contribution in [1.82, 2.24) is 4.98 Å². The summed E-state index contributed by atoms with van der Waals surface area (Å²) in [6, 6.07) is 1.83. The number of hydrogen-bond donors (Lipinski definition) is 1. The van der Waals surface area contributed by atoms with Crippen molar-refractivity contribution in [2.45, 2.75) is 19.8 Å². The smallest absolute Gasteiger partial charge is 0.227 e. The maximum absolute atomic E-state index is 11.4. The Hall–Kier alpha value is -1.38. The standard InChI is InChI=1S/C10H12N2O/c1-7-6-11-5-4-9(7)12-10(13)8-2-3-8/h4-6,8H,2-3H2,1H3,(H,11,12,13). The van der Waals surface area contributed by atoms with Gasteiger partial charge in [0.05, 0.1) is 0 Å². The van der Waals surface area contributed by atoms with Gasteiger partial charge in [0.2, 0.25) is 5.91 Å². The van der Waals surface area contributed by atoms with Crippen molar-refractivity contribution in [3.05, 3.63) is 24.0 Å². The van der Waals surface area contributed by atoms with Gasteiger partial charge in [0.15, 0.2) is 0 Å². The van der Waals surface area contributed by atoms with Crippen LogP contribution < -0.4 is 5.32 Å². The van der Waals surface area contributed by atoms with Crippen LogP contribution in [-0.4, -0.2) is 10.9 Å². The molecule has 1 aliphatic rings. The van der Waals surface area contributed by atoms with Gasteiger partial charge in [-0.1, -0.05) is 0 Å². The molecule has 0 atom stereocenters. The van der Waals surface area contributed by atoms with E-state index in [4.69, 9.17) is 0 Å². The number of aryl methyl sites for hydroxylation is 1. The van der Waals surface area contributed by atoms with Gasteiger partial charge in [-0.15, -0.1) is 0 Å². The zero-order chi connectivity index (χ0) is 9.26. The Bertz CT molecular complexity index is 331. The van der Waals surface area contributed by atoms with Crippen molar-refractivity contribution in [3.8, 4) is 0 Å². The third-order valence-electron chi connectivity index (χ3n) is 2.23. The lowest BCUT2D eigenvalue weighted by molar-refractivity contribution is -0.117. The normalized spacial score (nSPS) is 15.5. The van der Waals surface area contributed by atoms with Crippen LogP contribution in [0.4, 0.5) is 5.69 Å². The number of nitrogens with zero attached hydrogens (tertiary/aromatic N) is 1. The largest absolute Gasteiger partial charge is 0.325 e. The minimum absolute atomic E-state index is 0.148. The van der Waals surface area contributed by atoms with E-state index in [2.05, 4.69) is 10.3 Å². The average molecular weight is 176 g/mol. The van der Waals surface area contributed by atoms with Crippen molar-refractivity contribution < 1.29 is 4.79 Å². The highest BCUT2D eigenvalue weighted by Gasteiger charge is 2.29. The van der Waals surface area contributed by atoms with Crippen LogP contribution >= 0.6 is 0 Å². The molecule has 1 fully saturated rings. The highest BCUT2D eigenvalue weighted by Crippen LogP contribution is 2.30. The van der Waals surface area contributed by atoms with Gasteiger partial charge in [-0.05, 0) is 31.4 Å². The number of anilines is 1. The molecular weight excluding hydrogens is 164 g/mol. The molecule has 0 spiro atoms. The van der Waals surface area contributed by atoms with E-state index in [1.807, 2.05) is 13.0 Å². The molecule has 1 heterocycles. The maximum atomic E-state index is 11.4. The summed E-state index contributed by atoms with van der Waals surface area (Å²) in [4.78, 5) is 15.4. The lowest BCUT2D eigenvalue weighted by Crippen LogP contribution is -2.14. The van der Waals surface area contributed by atoms with E-state index in [0.717, 1.165) is 24.1 Å². The van der Waals surface area contributed by atoms with Gasteiger partial charge in [0.1, 0.15) is 0 Å². The number of hydrogen-bond acceptors (Lipinski definition) is 2. The SMILES string of the molecule is Cc1cnccc1NC(=O)C1CC1. The molecule has 1 aromatic rings. The predicted octanol–water partition coefficient (Wildman–Crippen LogP) is 1.74. The Kier molecular flexibility index (Phi) is 2.00. The van der Waals surface area contributed by atoms with Crippen LogP contribution in [0, 0.1) is 12.8 Å². The molecule has 0 saturated heterocycles. The fourth-order valence-corrected chi connectivity index (χ4v) is 1.19. The van der Waals surface area contributed by atoms with E-state index in [1.165, 1.54) is 0 Å². The summed E-state index contributed by atoms with van der Waals surface area (Å²) < 4.78 is 0. The molecule has 68 valence electrons.